The van der Waals surface area contributed by atoms with Crippen molar-refractivity contribution >= 4 is 0 Å². The molecule has 0 heterocycles. The van der Waals surface area contributed by atoms with Crippen LogP contribution in [0.3, 0.4) is 0 Å². The van der Waals surface area contributed by atoms with Gasteiger partial charge in [0, 0.05) is 11.6 Å². The van der Waals surface area contributed by atoms with Crippen LogP contribution < -0.4 is 10.5 Å². The van der Waals surface area contributed by atoms with Crippen molar-refractivity contribution in [3.05, 3.63) is 59.9 Å². The molecule has 0 aliphatic rings. The fraction of sp³-hybridized carbons (Fsp3) is 0.143. The second-order valence-corrected chi connectivity index (χ2v) is 3.88. The lowest BCUT2D eigenvalue weighted by atomic mass is 10.1. The van der Waals surface area contributed by atoms with Crippen LogP contribution in [0.15, 0.2) is 48.5 Å². The fourth-order valence-electron chi connectivity index (χ4n) is 1.58. The molecule has 0 aliphatic carbocycles. The molecule has 0 saturated heterocycles. The normalized spacial score (nSPS) is 12.2. The number of benzene rings is 2. The molecule has 2 aromatic carbocycles. The third-order valence-electron chi connectivity index (χ3n) is 2.45. The molecule has 1 unspecified atom stereocenters. The van der Waals surface area contributed by atoms with Crippen LogP contribution in [-0.4, -0.2) is 0 Å². The Labute approximate surface area is 99.8 Å². The first-order valence-electron chi connectivity index (χ1n) is 5.45. The topological polar surface area (TPSA) is 35.2 Å². The van der Waals surface area contributed by atoms with Gasteiger partial charge in [-0.25, -0.2) is 4.39 Å². The van der Waals surface area contributed by atoms with Crippen molar-refractivity contribution in [3.8, 4) is 11.5 Å². The Bertz CT molecular complexity index is 494. The first-order valence-corrected chi connectivity index (χ1v) is 5.45. The van der Waals surface area contributed by atoms with Crippen LogP contribution in [-0.2, 0) is 0 Å². The number of rotatable bonds is 3. The van der Waals surface area contributed by atoms with E-state index in [2.05, 4.69) is 0 Å². The van der Waals surface area contributed by atoms with Gasteiger partial charge in [0.15, 0.2) is 0 Å². The van der Waals surface area contributed by atoms with Crippen molar-refractivity contribution in [1.29, 1.82) is 0 Å². The monoisotopic (exact) mass is 231 g/mol. The predicted molar refractivity (Wildman–Crippen MR) is 65.5 cm³/mol. The van der Waals surface area contributed by atoms with E-state index < -0.39 is 0 Å². The maximum absolute atomic E-state index is 12.8. The molecule has 0 radical (unpaired) electrons. The summed E-state index contributed by atoms with van der Waals surface area (Å²) in [7, 11) is 0. The highest BCUT2D eigenvalue weighted by atomic mass is 19.1. The van der Waals surface area contributed by atoms with Gasteiger partial charge in [-0.3, -0.25) is 0 Å². The van der Waals surface area contributed by atoms with E-state index in [-0.39, 0.29) is 11.9 Å². The van der Waals surface area contributed by atoms with Crippen LogP contribution in [0.25, 0.3) is 0 Å². The zero-order valence-electron chi connectivity index (χ0n) is 9.56. The summed E-state index contributed by atoms with van der Waals surface area (Å²) in [4.78, 5) is 0. The number of hydrogen-bond donors (Lipinski definition) is 1. The van der Waals surface area contributed by atoms with Crippen molar-refractivity contribution in [2.24, 2.45) is 5.73 Å². The summed E-state index contributed by atoms with van der Waals surface area (Å²) < 4.78 is 18.4. The molecule has 0 aliphatic heterocycles. The number of para-hydroxylation sites is 1. The Morgan fingerprint density at radius 1 is 1.06 bits per heavy atom. The summed E-state index contributed by atoms with van der Waals surface area (Å²) in [5, 5.41) is 0. The molecule has 1 atom stereocenters. The average Bonchev–Trinajstić information content (AvgIpc) is 2.32. The van der Waals surface area contributed by atoms with Crippen molar-refractivity contribution < 1.29 is 9.13 Å². The maximum atomic E-state index is 12.8. The smallest absolute Gasteiger partial charge is 0.132 e. The Morgan fingerprint density at radius 2 is 1.71 bits per heavy atom. The van der Waals surface area contributed by atoms with Crippen LogP contribution >= 0.6 is 0 Å². The second kappa shape index (κ2) is 4.97. The van der Waals surface area contributed by atoms with Crippen molar-refractivity contribution in [2.75, 3.05) is 0 Å². The van der Waals surface area contributed by atoms with Gasteiger partial charge in [-0.2, -0.15) is 0 Å². The van der Waals surface area contributed by atoms with Crippen LogP contribution in [0.4, 0.5) is 4.39 Å². The van der Waals surface area contributed by atoms with Gasteiger partial charge in [-0.15, -0.1) is 0 Å². The number of hydrogen-bond acceptors (Lipinski definition) is 2. The lowest BCUT2D eigenvalue weighted by Gasteiger charge is -2.13. The minimum Gasteiger partial charge on any atom is -0.457 e. The lowest BCUT2D eigenvalue weighted by molar-refractivity contribution is 0.470. The zero-order valence-corrected chi connectivity index (χ0v) is 9.56. The fourth-order valence-corrected chi connectivity index (χ4v) is 1.58. The zero-order chi connectivity index (χ0) is 12.3. The molecular weight excluding hydrogens is 217 g/mol. The first-order chi connectivity index (χ1) is 8.16. The van der Waals surface area contributed by atoms with E-state index in [1.807, 2.05) is 31.2 Å². The standard InChI is InChI=1S/C14H14FNO/c1-10(16)13-4-2-3-5-14(13)17-12-8-6-11(15)7-9-12/h2-10H,16H2,1H3. The van der Waals surface area contributed by atoms with Gasteiger partial charge in [-0.1, -0.05) is 18.2 Å². The van der Waals surface area contributed by atoms with Gasteiger partial charge in [0.1, 0.15) is 17.3 Å². The molecule has 0 spiro atoms. The molecule has 0 bridgehead atoms. The third-order valence-corrected chi connectivity index (χ3v) is 2.45. The molecule has 88 valence electrons. The summed E-state index contributed by atoms with van der Waals surface area (Å²) in [5.74, 6) is 1.02. The van der Waals surface area contributed by atoms with E-state index in [9.17, 15) is 4.39 Å². The number of ether oxygens (including phenoxy) is 1. The number of nitrogens with two attached hydrogens (primary N) is 1. The summed E-state index contributed by atoms with van der Waals surface area (Å²) in [5.41, 5.74) is 6.78. The summed E-state index contributed by atoms with van der Waals surface area (Å²) >= 11 is 0. The van der Waals surface area contributed by atoms with E-state index in [4.69, 9.17) is 10.5 Å². The van der Waals surface area contributed by atoms with E-state index >= 15 is 0 Å². The van der Waals surface area contributed by atoms with E-state index in [1.54, 1.807) is 12.1 Å². The summed E-state index contributed by atoms with van der Waals surface area (Å²) in [6.45, 7) is 1.90. The lowest BCUT2D eigenvalue weighted by Crippen LogP contribution is -2.06. The third kappa shape index (κ3) is 2.82. The Morgan fingerprint density at radius 3 is 2.35 bits per heavy atom. The van der Waals surface area contributed by atoms with Gasteiger partial charge in [-0.05, 0) is 37.3 Å². The van der Waals surface area contributed by atoms with Gasteiger partial charge < -0.3 is 10.5 Å². The van der Waals surface area contributed by atoms with Crippen molar-refractivity contribution in [2.45, 2.75) is 13.0 Å². The Kier molecular flexibility index (Phi) is 3.40. The highest BCUT2D eigenvalue weighted by molar-refractivity contribution is 5.39. The molecule has 2 nitrogen and oxygen atoms in total. The van der Waals surface area contributed by atoms with Crippen LogP contribution in [0, 0.1) is 5.82 Å². The number of halogens is 1. The molecule has 0 aromatic heterocycles. The Balaban J connectivity index is 2.26. The minimum atomic E-state index is -0.280. The molecule has 3 heteroatoms. The van der Waals surface area contributed by atoms with Crippen LogP contribution in [0.1, 0.15) is 18.5 Å². The maximum Gasteiger partial charge on any atom is 0.132 e. The average molecular weight is 231 g/mol. The SMILES string of the molecule is CC(N)c1ccccc1Oc1ccc(F)cc1. The molecule has 0 amide bonds. The molecule has 0 saturated carbocycles. The van der Waals surface area contributed by atoms with Crippen molar-refractivity contribution in [1.82, 2.24) is 0 Å². The van der Waals surface area contributed by atoms with Gasteiger partial charge in [0.2, 0.25) is 0 Å². The van der Waals surface area contributed by atoms with Gasteiger partial charge >= 0.3 is 0 Å². The van der Waals surface area contributed by atoms with Crippen LogP contribution in [0.2, 0.25) is 0 Å². The highest BCUT2D eigenvalue weighted by Gasteiger charge is 2.07. The Hall–Kier alpha value is -1.87. The van der Waals surface area contributed by atoms with E-state index in [0.717, 1.165) is 5.56 Å². The molecule has 0 fully saturated rings. The molecule has 2 N–H and O–H groups in total. The van der Waals surface area contributed by atoms with Crippen molar-refractivity contribution in [3.63, 3.8) is 0 Å². The predicted octanol–water partition coefficient (Wildman–Crippen LogP) is 3.64. The van der Waals surface area contributed by atoms with E-state index in [0.29, 0.717) is 11.5 Å². The largest absolute Gasteiger partial charge is 0.457 e. The first kappa shape index (κ1) is 11.6. The van der Waals surface area contributed by atoms with E-state index in [1.165, 1.54) is 12.1 Å². The second-order valence-electron chi connectivity index (χ2n) is 3.88. The summed E-state index contributed by atoms with van der Waals surface area (Å²) in [6, 6.07) is 13.4. The molecule has 17 heavy (non-hydrogen) atoms. The summed E-state index contributed by atoms with van der Waals surface area (Å²) in [6.07, 6.45) is 0. The van der Waals surface area contributed by atoms with Gasteiger partial charge in [0.05, 0.1) is 0 Å². The highest BCUT2D eigenvalue weighted by Crippen LogP contribution is 2.28. The molecular formula is C14H14FNO. The van der Waals surface area contributed by atoms with Crippen LogP contribution in [0.5, 0.6) is 11.5 Å². The minimum absolute atomic E-state index is 0.105. The molecule has 2 rings (SSSR count). The molecule has 2 aromatic rings. The quantitative estimate of drug-likeness (QED) is 0.875. The van der Waals surface area contributed by atoms with Gasteiger partial charge in [0.25, 0.3) is 0 Å².